The van der Waals surface area contributed by atoms with Crippen molar-refractivity contribution in [2.24, 2.45) is 11.3 Å². The minimum absolute atomic E-state index is 0.131. The van der Waals surface area contributed by atoms with Crippen LogP contribution in [0, 0.1) is 11.3 Å². The van der Waals surface area contributed by atoms with Gasteiger partial charge >= 0.3 is 11.9 Å². The van der Waals surface area contributed by atoms with Crippen molar-refractivity contribution in [1.82, 2.24) is 0 Å². The van der Waals surface area contributed by atoms with Gasteiger partial charge in [-0.15, -0.1) is 0 Å². The highest BCUT2D eigenvalue weighted by Crippen LogP contribution is 2.33. The van der Waals surface area contributed by atoms with Gasteiger partial charge in [0.2, 0.25) is 0 Å². The molecular weight excluding hydrogens is 208 g/mol. The average molecular weight is 226 g/mol. The van der Waals surface area contributed by atoms with Crippen LogP contribution >= 0.6 is 0 Å². The van der Waals surface area contributed by atoms with Crippen molar-refractivity contribution >= 4 is 11.9 Å². The second-order valence-corrected chi connectivity index (χ2v) is 4.71. The number of ether oxygens (including phenoxy) is 1. The number of aliphatic carboxylic acids is 1. The van der Waals surface area contributed by atoms with Crippen LogP contribution in [0.4, 0.5) is 0 Å². The van der Waals surface area contributed by atoms with Crippen molar-refractivity contribution in [3.8, 4) is 0 Å². The maximum Gasteiger partial charge on any atom is 0.313 e. The van der Waals surface area contributed by atoms with Crippen LogP contribution in [0.3, 0.4) is 0 Å². The molecule has 1 N–H and O–H groups in total. The van der Waals surface area contributed by atoms with Crippen LogP contribution in [0.2, 0.25) is 0 Å². The summed E-state index contributed by atoms with van der Waals surface area (Å²) in [6.07, 6.45) is 4.13. The zero-order chi connectivity index (χ0) is 12.3. The third kappa shape index (κ3) is 2.84. The molecule has 4 heteroatoms. The number of hydrogen-bond acceptors (Lipinski definition) is 3. The highest BCUT2D eigenvalue weighted by atomic mass is 16.5. The van der Waals surface area contributed by atoms with E-state index in [0.717, 1.165) is 0 Å². The molecule has 0 saturated carbocycles. The smallest absolute Gasteiger partial charge is 0.313 e. The highest BCUT2D eigenvalue weighted by molar-refractivity contribution is 5.79. The molecule has 0 fully saturated rings. The van der Waals surface area contributed by atoms with Gasteiger partial charge in [-0.1, -0.05) is 12.2 Å². The molecule has 2 atom stereocenters. The van der Waals surface area contributed by atoms with E-state index in [1.165, 1.54) is 0 Å². The number of rotatable bonds is 3. The Hall–Kier alpha value is -1.32. The summed E-state index contributed by atoms with van der Waals surface area (Å²) in [6.45, 7) is 5.26. The first kappa shape index (κ1) is 12.7. The van der Waals surface area contributed by atoms with Crippen LogP contribution in [0.1, 0.15) is 33.6 Å². The van der Waals surface area contributed by atoms with E-state index in [9.17, 15) is 9.59 Å². The number of carboxylic acid groups (broad SMARTS) is 1. The lowest BCUT2D eigenvalue weighted by Crippen LogP contribution is -2.31. The largest absolute Gasteiger partial charge is 0.481 e. The fourth-order valence-corrected chi connectivity index (χ4v) is 1.66. The molecule has 16 heavy (non-hydrogen) atoms. The van der Waals surface area contributed by atoms with Crippen molar-refractivity contribution in [3.05, 3.63) is 12.2 Å². The summed E-state index contributed by atoms with van der Waals surface area (Å²) in [5.74, 6) is -1.41. The summed E-state index contributed by atoms with van der Waals surface area (Å²) in [7, 11) is 0. The van der Waals surface area contributed by atoms with Crippen LogP contribution in [0.25, 0.3) is 0 Å². The van der Waals surface area contributed by atoms with E-state index in [-0.39, 0.29) is 18.0 Å². The molecule has 4 nitrogen and oxygen atoms in total. The lowest BCUT2D eigenvalue weighted by molar-refractivity contribution is -0.153. The zero-order valence-corrected chi connectivity index (χ0v) is 9.90. The van der Waals surface area contributed by atoms with E-state index < -0.39 is 11.4 Å². The summed E-state index contributed by atoms with van der Waals surface area (Å²) in [5.41, 5.74) is -0.839. The van der Waals surface area contributed by atoms with Crippen LogP contribution < -0.4 is 0 Å². The van der Waals surface area contributed by atoms with Gasteiger partial charge in [0.1, 0.15) is 0 Å². The maximum absolute atomic E-state index is 11.6. The molecule has 0 heterocycles. The minimum atomic E-state index is -0.848. The highest BCUT2D eigenvalue weighted by Gasteiger charge is 2.35. The van der Waals surface area contributed by atoms with Gasteiger partial charge in [-0.2, -0.15) is 0 Å². The Morgan fingerprint density at radius 2 is 2.12 bits per heavy atom. The van der Waals surface area contributed by atoms with Crippen LogP contribution in [0.5, 0.6) is 0 Å². The van der Waals surface area contributed by atoms with Gasteiger partial charge in [-0.05, 0) is 33.6 Å². The summed E-state index contributed by atoms with van der Waals surface area (Å²) in [4.78, 5) is 22.5. The number of carbonyl (C=O) groups is 2. The molecule has 0 aliphatic heterocycles. The Labute approximate surface area is 95.3 Å². The summed E-state index contributed by atoms with van der Waals surface area (Å²) in [6, 6.07) is 0. The van der Waals surface area contributed by atoms with Gasteiger partial charge in [0.05, 0.1) is 17.4 Å². The second kappa shape index (κ2) is 4.68. The molecular formula is C12H18O4. The third-order valence-corrected chi connectivity index (χ3v) is 2.81. The van der Waals surface area contributed by atoms with Crippen molar-refractivity contribution < 1.29 is 19.4 Å². The normalized spacial score (nSPS) is 29.1. The lowest BCUT2D eigenvalue weighted by Gasteiger charge is -2.27. The minimum Gasteiger partial charge on any atom is -0.481 e. The predicted octanol–water partition coefficient (Wildman–Crippen LogP) is 2.00. The van der Waals surface area contributed by atoms with Gasteiger partial charge in [0.15, 0.2) is 0 Å². The molecule has 2 unspecified atom stereocenters. The Morgan fingerprint density at radius 1 is 1.50 bits per heavy atom. The first-order valence-electron chi connectivity index (χ1n) is 5.48. The van der Waals surface area contributed by atoms with E-state index in [1.807, 2.05) is 0 Å². The van der Waals surface area contributed by atoms with E-state index in [0.29, 0.717) is 12.8 Å². The van der Waals surface area contributed by atoms with Gasteiger partial charge in [-0.25, -0.2) is 0 Å². The molecule has 0 aromatic carbocycles. The lowest BCUT2D eigenvalue weighted by atomic mass is 9.77. The van der Waals surface area contributed by atoms with Crippen molar-refractivity contribution in [2.45, 2.75) is 39.7 Å². The molecule has 1 rings (SSSR count). The standard InChI is InChI=1S/C12H18O4/c1-8(2)16-10(13)9-4-6-12(3,7-5-9)11(14)15/h4,6,8-9H,5,7H2,1-3H3,(H,14,15). The van der Waals surface area contributed by atoms with E-state index in [1.54, 1.807) is 32.9 Å². The molecule has 0 radical (unpaired) electrons. The van der Waals surface area contributed by atoms with E-state index in [4.69, 9.17) is 9.84 Å². The molecule has 1 aliphatic rings. The summed E-state index contributed by atoms with van der Waals surface area (Å²) in [5, 5.41) is 9.00. The molecule has 1 aliphatic carbocycles. The zero-order valence-electron chi connectivity index (χ0n) is 9.90. The topological polar surface area (TPSA) is 63.6 Å². The fourth-order valence-electron chi connectivity index (χ4n) is 1.66. The van der Waals surface area contributed by atoms with Crippen molar-refractivity contribution in [1.29, 1.82) is 0 Å². The first-order chi connectivity index (χ1) is 7.35. The number of esters is 1. The quantitative estimate of drug-likeness (QED) is 0.590. The number of carbonyl (C=O) groups excluding carboxylic acids is 1. The Morgan fingerprint density at radius 3 is 2.50 bits per heavy atom. The number of carboxylic acids is 1. The van der Waals surface area contributed by atoms with Gasteiger partial charge < -0.3 is 9.84 Å². The summed E-state index contributed by atoms with van der Waals surface area (Å²) < 4.78 is 5.08. The van der Waals surface area contributed by atoms with Crippen LogP contribution in [0.15, 0.2) is 12.2 Å². The van der Waals surface area contributed by atoms with Gasteiger partial charge in [0, 0.05) is 0 Å². The monoisotopic (exact) mass is 226 g/mol. The molecule has 0 aromatic rings. The predicted molar refractivity (Wildman–Crippen MR) is 58.8 cm³/mol. The fraction of sp³-hybridized carbons (Fsp3) is 0.667. The number of hydrogen-bond donors (Lipinski definition) is 1. The third-order valence-electron chi connectivity index (χ3n) is 2.81. The second-order valence-electron chi connectivity index (χ2n) is 4.71. The molecule has 0 amide bonds. The van der Waals surface area contributed by atoms with Crippen LogP contribution in [-0.2, 0) is 14.3 Å². The Kier molecular flexibility index (Phi) is 3.73. The SMILES string of the molecule is CC(C)OC(=O)C1C=CC(C)(C(=O)O)CC1. The van der Waals surface area contributed by atoms with Crippen LogP contribution in [-0.4, -0.2) is 23.1 Å². The Balaban J connectivity index is 2.65. The van der Waals surface area contributed by atoms with Crippen molar-refractivity contribution in [2.75, 3.05) is 0 Å². The summed E-state index contributed by atoms with van der Waals surface area (Å²) >= 11 is 0. The van der Waals surface area contributed by atoms with Gasteiger partial charge in [-0.3, -0.25) is 9.59 Å². The maximum atomic E-state index is 11.6. The molecule has 0 spiro atoms. The molecule has 90 valence electrons. The van der Waals surface area contributed by atoms with E-state index in [2.05, 4.69) is 0 Å². The van der Waals surface area contributed by atoms with E-state index >= 15 is 0 Å². The molecule has 0 saturated heterocycles. The van der Waals surface area contributed by atoms with Crippen molar-refractivity contribution in [3.63, 3.8) is 0 Å². The average Bonchev–Trinajstić information content (AvgIpc) is 2.17. The first-order valence-corrected chi connectivity index (χ1v) is 5.48. The van der Waals surface area contributed by atoms with Gasteiger partial charge in [0.25, 0.3) is 0 Å². The Bertz CT molecular complexity index is 319. The molecule has 0 bridgehead atoms. The molecule has 0 aromatic heterocycles.